The van der Waals surface area contributed by atoms with Crippen molar-refractivity contribution >= 4 is 35.4 Å². The Morgan fingerprint density at radius 3 is 2.67 bits per heavy atom. The van der Waals surface area contributed by atoms with Crippen LogP contribution in [0.1, 0.15) is 38.2 Å². The van der Waals surface area contributed by atoms with Gasteiger partial charge in [-0.25, -0.2) is 9.78 Å². The van der Waals surface area contributed by atoms with E-state index in [9.17, 15) is 4.79 Å². The van der Waals surface area contributed by atoms with Crippen LogP contribution in [0.4, 0.5) is 27.9 Å². The van der Waals surface area contributed by atoms with Gasteiger partial charge in [-0.15, -0.1) is 0 Å². The number of urea groups is 1. The Bertz CT molecular complexity index is 1300. The first-order valence-corrected chi connectivity index (χ1v) is 13.7. The highest BCUT2D eigenvalue weighted by Crippen LogP contribution is 2.34. The molecule has 2 bridgehead atoms. The maximum Gasteiger partial charge on any atom is 0.319 e. The number of nitrogens with zero attached hydrogens (tertiary/aromatic N) is 3. The molecule has 11 nitrogen and oxygen atoms in total. The highest BCUT2D eigenvalue weighted by atomic mass is 16.5. The molecule has 5 heterocycles. The second-order valence-corrected chi connectivity index (χ2v) is 10.6. The summed E-state index contributed by atoms with van der Waals surface area (Å²) in [7, 11) is 0. The first-order valence-electron chi connectivity index (χ1n) is 13.7. The molecule has 3 aliphatic rings. The summed E-state index contributed by atoms with van der Waals surface area (Å²) < 4.78 is 5.64. The van der Waals surface area contributed by atoms with Crippen LogP contribution in [0.25, 0.3) is 11.1 Å². The molecule has 3 aromatic rings. The van der Waals surface area contributed by atoms with E-state index in [1.54, 1.807) is 6.20 Å². The first-order chi connectivity index (χ1) is 19.1. The number of rotatable bonds is 7. The number of amides is 2. The van der Waals surface area contributed by atoms with E-state index in [-0.39, 0.29) is 18.1 Å². The number of ether oxygens (including phenoxy) is 1. The van der Waals surface area contributed by atoms with Gasteiger partial charge in [-0.3, -0.25) is 5.10 Å². The van der Waals surface area contributed by atoms with Crippen molar-refractivity contribution in [3.05, 3.63) is 48.2 Å². The first kappa shape index (κ1) is 25.3. The van der Waals surface area contributed by atoms with Gasteiger partial charge in [0.2, 0.25) is 0 Å². The summed E-state index contributed by atoms with van der Waals surface area (Å²) in [4.78, 5) is 19.8. The van der Waals surface area contributed by atoms with Gasteiger partial charge < -0.3 is 36.3 Å². The summed E-state index contributed by atoms with van der Waals surface area (Å²) in [6.45, 7) is 4.12. The zero-order chi connectivity index (χ0) is 26.8. The third-order valence-corrected chi connectivity index (χ3v) is 7.87. The Morgan fingerprint density at radius 1 is 1.18 bits per heavy atom. The third-order valence-electron chi connectivity index (χ3n) is 7.87. The van der Waals surface area contributed by atoms with Crippen molar-refractivity contribution in [3.63, 3.8) is 0 Å². The van der Waals surface area contributed by atoms with Crippen LogP contribution in [-0.4, -0.2) is 71.4 Å². The lowest BCUT2D eigenvalue weighted by molar-refractivity contribution is 0.0985. The molecule has 2 unspecified atom stereocenters. The number of morpholine rings is 1. The van der Waals surface area contributed by atoms with E-state index < -0.39 is 0 Å². The summed E-state index contributed by atoms with van der Waals surface area (Å²) in [5, 5.41) is 28.2. The average molecular weight is 530 g/mol. The summed E-state index contributed by atoms with van der Waals surface area (Å²) in [6.07, 6.45) is 7.35. The van der Waals surface area contributed by atoms with Gasteiger partial charge in [0.25, 0.3) is 0 Å². The molecular weight excluding hydrogens is 494 g/mol. The van der Waals surface area contributed by atoms with Gasteiger partial charge in [0.05, 0.1) is 25.5 Å². The number of nitrogens with one attached hydrogen (secondary N) is 6. The summed E-state index contributed by atoms with van der Waals surface area (Å²) in [6, 6.07) is 12.8. The Balaban J connectivity index is 1.24. The van der Waals surface area contributed by atoms with Gasteiger partial charge in [-0.2, -0.15) is 5.10 Å². The van der Waals surface area contributed by atoms with E-state index in [0.717, 1.165) is 42.0 Å². The standard InChI is InChI=1S/C28H35N9O2/c1-17-16-39-11-10-37(17)26-14-23(24(15-29)27(35-26)34-25-8-9-30-36-25)18-2-4-19(5-3-18)32-28(38)33-22-12-20-6-7-21(13-22)31-20/h2-5,8-9,14-15,17,20-22,29,31H,6-7,10-13,16H2,1H3,(H2,32,33,38)(H2,30,34,35,36)/t17-,20?,21?,22?/m1/s1. The van der Waals surface area contributed by atoms with Crippen LogP contribution in [0, 0.1) is 5.41 Å². The number of carbonyl (C=O) groups excluding carboxylic acids is 1. The Kier molecular flexibility index (Phi) is 7.16. The number of carbonyl (C=O) groups is 1. The van der Waals surface area contributed by atoms with Gasteiger partial charge in [-0.05, 0) is 61.9 Å². The molecule has 0 radical (unpaired) electrons. The highest BCUT2D eigenvalue weighted by Gasteiger charge is 2.34. The molecule has 0 saturated carbocycles. The van der Waals surface area contributed by atoms with E-state index in [4.69, 9.17) is 15.1 Å². The van der Waals surface area contributed by atoms with E-state index in [1.807, 2.05) is 36.4 Å². The second-order valence-electron chi connectivity index (χ2n) is 10.6. The van der Waals surface area contributed by atoms with Crippen LogP contribution in [0.2, 0.25) is 0 Å². The van der Waals surface area contributed by atoms with E-state index >= 15 is 0 Å². The van der Waals surface area contributed by atoms with Crippen LogP contribution in [0.5, 0.6) is 0 Å². The molecule has 3 fully saturated rings. The quantitative estimate of drug-likeness (QED) is 0.255. The van der Waals surface area contributed by atoms with E-state index in [0.29, 0.717) is 42.5 Å². The molecule has 0 spiro atoms. The van der Waals surface area contributed by atoms with Crippen LogP contribution >= 0.6 is 0 Å². The minimum atomic E-state index is -0.173. The SMILES string of the molecule is C[C@@H]1COCCN1c1cc(-c2ccc(NC(=O)NC3CC4CCC(C3)N4)cc2)c(C=N)c(Nc2ccn[nH]2)n1. The van der Waals surface area contributed by atoms with Gasteiger partial charge in [0.1, 0.15) is 17.5 Å². The molecule has 3 aliphatic heterocycles. The number of benzene rings is 1. The lowest BCUT2D eigenvalue weighted by Crippen LogP contribution is -2.49. The van der Waals surface area contributed by atoms with Crippen molar-refractivity contribution in [3.8, 4) is 11.1 Å². The molecule has 0 aliphatic carbocycles. The number of piperidine rings is 1. The van der Waals surface area contributed by atoms with Crippen molar-refractivity contribution < 1.29 is 9.53 Å². The van der Waals surface area contributed by atoms with Gasteiger partial charge in [-0.1, -0.05) is 12.1 Å². The molecule has 6 rings (SSSR count). The fourth-order valence-electron chi connectivity index (χ4n) is 5.95. The van der Waals surface area contributed by atoms with Crippen molar-refractivity contribution in [1.29, 1.82) is 5.41 Å². The Labute approximate surface area is 227 Å². The Hall–Kier alpha value is -3.96. The number of H-pyrrole nitrogens is 1. The predicted molar refractivity (Wildman–Crippen MR) is 152 cm³/mol. The molecular formula is C28H35N9O2. The molecule has 3 saturated heterocycles. The maximum atomic E-state index is 12.7. The number of hydrogen-bond acceptors (Lipinski definition) is 8. The monoisotopic (exact) mass is 529 g/mol. The molecule has 39 heavy (non-hydrogen) atoms. The number of anilines is 4. The molecule has 1 aromatic carbocycles. The van der Waals surface area contributed by atoms with Crippen LogP contribution in [0.15, 0.2) is 42.6 Å². The van der Waals surface area contributed by atoms with Gasteiger partial charge >= 0.3 is 6.03 Å². The maximum absolute atomic E-state index is 12.7. The highest BCUT2D eigenvalue weighted by molar-refractivity contribution is 5.97. The van der Waals surface area contributed by atoms with Crippen molar-refractivity contribution in [2.24, 2.45) is 0 Å². The van der Waals surface area contributed by atoms with Crippen molar-refractivity contribution in [2.45, 2.75) is 56.8 Å². The number of aromatic amines is 1. The molecule has 2 amide bonds. The topological polar surface area (TPSA) is 143 Å². The number of fused-ring (bicyclic) bond motifs is 2. The van der Waals surface area contributed by atoms with E-state index in [2.05, 4.69) is 43.3 Å². The minimum Gasteiger partial charge on any atom is -0.377 e. The van der Waals surface area contributed by atoms with Crippen LogP contribution in [0.3, 0.4) is 0 Å². The van der Waals surface area contributed by atoms with Crippen LogP contribution < -0.4 is 26.2 Å². The summed E-state index contributed by atoms with van der Waals surface area (Å²) >= 11 is 0. The predicted octanol–water partition coefficient (Wildman–Crippen LogP) is 3.84. The zero-order valence-electron chi connectivity index (χ0n) is 22.0. The van der Waals surface area contributed by atoms with E-state index in [1.165, 1.54) is 19.1 Å². The average Bonchev–Trinajstić information content (AvgIpc) is 3.57. The second kappa shape index (κ2) is 11.0. The lowest BCUT2D eigenvalue weighted by Gasteiger charge is -2.35. The fraction of sp³-hybridized carbons (Fsp3) is 0.429. The lowest BCUT2D eigenvalue weighted by atomic mass is 10.00. The van der Waals surface area contributed by atoms with Gasteiger partial charge in [0, 0.05) is 48.2 Å². The molecule has 6 N–H and O–H groups in total. The smallest absolute Gasteiger partial charge is 0.319 e. The largest absolute Gasteiger partial charge is 0.377 e. The normalized spacial score (nSPS) is 24.3. The molecule has 204 valence electrons. The summed E-state index contributed by atoms with van der Waals surface area (Å²) in [5.74, 6) is 2.07. The number of pyridine rings is 1. The molecule has 2 aromatic heterocycles. The number of hydrogen-bond donors (Lipinski definition) is 6. The summed E-state index contributed by atoms with van der Waals surface area (Å²) in [5.41, 5.74) is 3.17. The fourth-order valence-corrected chi connectivity index (χ4v) is 5.95. The van der Waals surface area contributed by atoms with Crippen molar-refractivity contribution in [2.75, 3.05) is 35.3 Å². The zero-order valence-corrected chi connectivity index (χ0v) is 22.0. The number of aromatic nitrogens is 3. The Morgan fingerprint density at radius 2 is 1.97 bits per heavy atom. The van der Waals surface area contributed by atoms with Gasteiger partial charge in [0.15, 0.2) is 0 Å². The molecule has 3 atom stereocenters. The molecule has 11 heteroatoms. The third kappa shape index (κ3) is 5.59. The van der Waals surface area contributed by atoms with Crippen LogP contribution in [-0.2, 0) is 4.74 Å². The minimum absolute atomic E-state index is 0.171. The van der Waals surface area contributed by atoms with Crippen molar-refractivity contribution in [1.82, 2.24) is 25.8 Å².